The zero-order valence-electron chi connectivity index (χ0n) is 11.7. The Morgan fingerprint density at radius 2 is 2.14 bits per heavy atom. The predicted octanol–water partition coefficient (Wildman–Crippen LogP) is 0.235. The van der Waals surface area contributed by atoms with Crippen molar-refractivity contribution >= 4 is 15.8 Å². The number of nitrogens with two attached hydrogens (primary N) is 1. The number of sulfonamides is 1. The topological polar surface area (TPSA) is 103 Å². The second-order valence-electron chi connectivity index (χ2n) is 4.32. The molecule has 0 aliphatic heterocycles. The fourth-order valence-corrected chi connectivity index (χ4v) is 2.76. The molecule has 0 saturated carbocycles. The number of pyridine rings is 1. The van der Waals surface area contributed by atoms with E-state index in [-0.39, 0.29) is 11.4 Å². The zero-order valence-corrected chi connectivity index (χ0v) is 12.5. The van der Waals surface area contributed by atoms with Crippen LogP contribution in [0.4, 0.5) is 5.82 Å². The van der Waals surface area contributed by atoms with Gasteiger partial charge in [-0.2, -0.15) is 5.10 Å². The number of rotatable bonds is 3. The Morgan fingerprint density at radius 1 is 1.38 bits per heavy atom. The summed E-state index contributed by atoms with van der Waals surface area (Å²) in [5, 5.41) is 4.08. The molecule has 0 saturated heterocycles. The van der Waals surface area contributed by atoms with Crippen LogP contribution in [0.15, 0.2) is 29.4 Å². The minimum absolute atomic E-state index is 0.0326. The second kappa shape index (κ2) is 5.95. The van der Waals surface area contributed by atoms with Gasteiger partial charge in [0.25, 0.3) is 10.0 Å². The van der Waals surface area contributed by atoms with Gasteiger partial charge in [0.05, 0.1) is 12.2 Å². The largest absolute Gasteiger partial charge is 0.320 e. The van der Waals surface area contributed by atoms with E-state index in [2.05, 4.69) is 26.6 Å². The summed E-state index contributed by atoms with van der Waals surface area (Å²) in [4.78, 5) is 3.92. The molecule has 8 heteroatoms. The van der Waals surface area contributed by atoms with E-state index in [1.165, 1.54) is 23.1 Å². The Labute approximate surface area is 123 Å². The summed E-state index contributed by atoms with van der Waals surface area (Å²) in [7, 11) is -2.08. The van der Waals surface area contributed by atoms with Gasteiger partial charge >= 0.3 is 0 Å². The molecule has 2 rings (SSSR count). The standard InChI is InChI=1S/C13H15N5O2S/c1-10-6-13(18(2)16-10)17-21(19,20)12-7-11(4-3-5-14)8-15-9-12/h6-9,17H,5,14H2,1-2H3. The van der Waals surface area contributed by atoms with E-state index in [4.69, 9.17) is 5.73 Å². The monoisotopic (exact) mass is 305 g/mol. The molecule has 110 valence electrons. The van der Waals surface area contributed by atoms with Crippen LogP contribution < -0.4 is 10.5 Å². The highest BCUT2D eigenvalue weighted by Gasteiger charge is 2.17. The van der Waals surface area contributed by atoms with Crippen molar-refractivity contribution in [3.63, 3.8) is 0 Å². The van der Waals surface area contributed by atoms with E-state index in [1.807, 2.05) is 0 Å². The van der Waals surface area contributed by atoms with Crippen LogP contribution in [0.3, 0.4) is 0 Å². The summed E-state index contributed by atoms with van der Waals surface area (Å²) >= 11 is 0. The molecule has 0 bridgehead atoms. The summed E-state index contributed by atoms with van der Waals surface area (Å²) < 4.78 is 28.6. The van der Waals surface area contributed by atoms with Gasteiger partial charge in [-0.05, 0) is 13.0 Å². The van der Waals surface area contributed by atoms with Crippen molar-refractivity contribution in [1.29, 1.82) is 0 Å². The lowest BCUT2D eigenvalue weighted by Crippen LogP contribution is -2.15. The highest BCUT2D eigenvalue weighted by atomic mass is 32.2. The first kappa shape index (κ1) is 15.0. The maximum atomic E-state index is 12.3. The molecule has 0 fully saturated rings. The Balaban J connectivity index is 2.33. The molecule has 0 amide bonds. The third-order valence-corrected chi connectivity index (χ3v) is 3.92. The van der Waals surface area contributed by atoms with Crippen LogP contribution >= 0.6 is 0 Å². The van der Waals surface area contributed by atoms with Crippen molar-refractivity contribution in [2.45, 2.75) is 11.8 Å². The minimum atomic E-state index is -3.74. The van der Waals surface area contributed by atoms with Gasteiger partial charge in [-0.25, -0.2) is 8.42 Å². The Kier molecular flexibility index (Phi) is 4.26. The number of aryl methyl sites for hydroxylation is 2. The molecule has 0 radical (unpaired) electrons. The smallest absolute Gasteiger partial charge is 0.264 e. The molecule has 21 heavy (non-hydrogen) atoms. The third kappa shape index (κ3) is 3.59. The molecule has 0 unspecified atom stereocenters. The van der Waals surface area contributed by atoms with Crippen LogP contribution in [0, 0.1) is 18.8 Å². The number of anilines is 1. The van der Waals surface area contributed by atoms with Crippen LogP contribution in [0.1, 0.15) is 11.3 Å². The SMILES string of the molecule is Cc1cc(NS(=O)(=O)c2cncc(C#CCN)c2)n(C)n1. The fraction of sp³-hybridized carbons (Fsp3) is 0.231. The van der Waals surface area contributed by atoms with E-state index in [9.17, 15) is 8.42 Å². The van der Waals surface area contributed by atoms with E-state index >= 15 is 0 Å². The zero-order chi connectivity index (χ0) is 15.5. The normalized spacial score (nSPS) is 10.8. The Morgan fingerprint density at radius 3 is 2.76 bits per heavy atom. The molecule has 2 aromatic rings. The van der Waals surface area contributed by atoms with Gasteiger partial charge in [0, 0.05) is 31.1 Å². The molecule has 2 heterocycles. The molecular formula is C13H15N5O2S. The van der Waals surface area contributed by atoms with E-state index in [0.717, 1.165) is 5.69 Å². The van der Waals surface area contributed by atoms with Crippen molar-refractivity contribution in [3.8, 4) is 11.8 Å². The van der Waals surface area contributed by atoms with Crippen LogP contribution in [-0.4, -0.2) is 29.7 Å². The first-order valence-corrected chi connectivity index (χ1v) is 7.58. The van der Waals surface area contributed by atoms with Gasteiger partial charge in [-0.1, -0.05) is 11.8 Å². The number of nitrogens with one attached hydrogen (secondary N) is 1. The highest BCUT2D eigenvalue weighted by Crippen LogP contribution is 2.16. The maximum absolute atomic E-state index is 12.3. The van der Waals surface area contributed by atoms with Crippen molar-refractivity contribution in [1.82, 2.24) is 14.8 Å². The fourth-order valence-electron chi connectivity index (χ4n) is 1.69. The number of hydrogen-bond donors (Lipinski definition) is 2. The van der Waals surface area contributed by atoms with Crippen molar-refractivity contribution in [3.05, 3.63) is 35.8 Å². The number of hydrogen-bond acceptors (Lipinski definition) is 5. The molecule has 2 aromatic heterocycles. The third-order valence-electron chi connectivity index (χ3n) is 2.60. The maximum Gasteiger partial charge on any atom is 0.264 e. The number of aromatic nitrogens is 3. The molecule has 0 aromatic carbocycles. The molecule has 0 spiro atoms. The van der Waals surface area contributed by atoms with E-state index < -0.39 is 10.0 Å². The molecular weight excluding hydrogens is 290 g/mol. The van der Waals surface area contributed by atoms with Gasteiger partial charge in [0.1, 0.15) is 10.7 Å². The lowest BCUT2D eigenvalue weighted by atomic mass is 10.3. The average Bonchev–Trinajstić information content (AvgIpc) is 2.74. The second-order valence-corrected chi connectivity index (χ2v) is 6.00. The van der Waals surface area contributed by atoms with Crippen molar-refractivity contribution in [2.24, 2.45) is 12.8 Å². The van der Waals surface area contributed by atoms with Crippen LogP contribution in [0.25, 0.3) is 0 Å². The summed E-state index contributed by atoms with van der Waals surface area (Å²) in [6, 6.07) is 3.09. The molecule has 0 aliphatic rings. The first-order valence-electron chi connectivity index (χ1n) is 6.10. The summed E-state index contributed by atoms with van der Waals surface area (Å²) in [6.07, 6.45) is 2.75. The van der Waals surface area contributed by atoms with Gasteiger partial charge in [0.15, 0.2) is 0 Å². The van der Waals surface area contributed by atoms with Gasteiger partial charge in [0.2, 0.25) is 0 Å². The van der Waals surface area contributed by atoms with Crippen LogP contribution in [0.5, 0.6) is 0 Å². The summed E-state index contributed by atoms with van der Waals surface area (Å²) in [6.45, 7) is 1.98. The minimum Gasteiger partial charge on any atom is -0.320 e. The van der Waals surface area contributed by atoms with Gasteiger partial charge in [-0.3, -0.25) is 14.4 Å². The quantitative estimate of drug-likeness (QED) is 0.790. The summed E-state index contributed by atoms with van der Waals surface area (Å²) in [5.41, 5.74) is 6.50. The highest BCUT2D eigenvalue weighted by molar-refractivity contribution is 7.92. The van der Waals surface area contributed by atoms with E-state index in [1.54, 1.807) is 20.0 Å². The van der Waals surface area contributed by atoms with Crippen molar-refractivity contribution in [2.75, 3.05) is 11.3 Å². The van der Waals surface area contributed by atoms with Crippen LogP contribution in [-0.2, 0) is 17.1 Å². The van der Waals surface area contributed by atoms with Gasteiger partial charge in [-0.15, -0.1) is 0 Å². The molecule has 0 aliphatic carbocycles. The summed E-state index contributed by atoms with van der Waals surface area (Å²) in [5.74, 6) is 5.78. The van der Waals surface area contributed by atoms with E-state index in [0.29, 0.717) is 11.4 Å². The number of nitrogens with zero attached hydrogens (tertiary/aromatic N) is 3. The molecule has 7 nitrogen and oxygen atoms in total. The predicted molar refractivity (Wildman–Crippen MR) is 78.9 cm³/mol. The lowest BCUT2D eigenvalue weighted by Gasteiger charge is -2.07. The molecule has 3 N–H and O–H groups in total. The Hall–Kier alpha value is -2.37. The first-order chi connectivity index (χ1) is 9.92. The average molecular weight is 305 g/mol. The lowest BCUT2D eigenvalue weighted by molar-refractivity contribution is 0.599. The van der Waals surface area contributed by atoms with Crippen LogP contribution in [0.2, 0.25) is 0 Å². The van der Waals surface area contributed by atoms with Crippen molar-refractivity contribution < 1.29 is 8.42 Å². The Bertz CT molecular complexity index is 815. The molecule has 0 atom stereocenters. The van der Waals surface area contributed by atoms with Gasteiger partial charge < -0.3 is 5.73 Å².